The van der Waals surface area contributed by atoms with Gasteiger partial charge in [-0.15, -0.1) is 0 Å². The van der Waals surface area contributed by atoms with Crippen molar-refractivity contribution in [3.05, 3.63) is 29.8 Å². The van der Waals surface area contributed by atoms with Crippen LogP contribution in [0.25, 0.3) is 0 Å². The van der Waals surface area contributed by atoms with Crippen LogP contribution >= 0.6 is 0 Å². The highest BCUT2D eigenvalue weighted by atomic mass is 16.5. The number of ketones is 1. The molecule has 132 valence electrons. The number of hydrogen-bond donors (Lipinski definition) is 1. The molecule has 1 amide bonds. The number of Topliss-reactive ketones (excluding diaryl/α,β-unsaturated/α-hetero) is 1. The Balaban J connectivity index is 1.72. The van der Waals surface area contributed by atoms with Crippen molar-refractivity contribution in [2.24, 2.45) is 0 Å². The van der Waals surface area contributed by atoms with Crippen LogP contribution in [0.4, 0.5) is 10.5 Å². The number of carbonyl (C=O) groups is 2. The normalized spacial score (nSPS) is 15.3. The lowest BCUT2D eigenvalue weighted by molar-refractivity contribution is 0.0958. The predicted molar refractivity (Wildman–Crippen MR) is 94.6 cm³/mol. The Morgan fingerprint density at radius 3 is 2.42 bits per heavy atom. The van der Waals surface area contributed by atoms with Gasteiger partial charge >= 0.3 is 6.09 Å². The van der Waals surface area contributed by atoms with E-state index in [1.165, 1.54) is 19.3 Å². The van der Waals surface area contributed by atoms with Crippen LogP contribution in [0.2, 0.25) is 0 Å². The molecule has 0 unspecified atom stereocenters. The highest BCUT2D eigenvalue weighted by Gasteiger charge is 2.11. The Kier molecular flexibility index (Phi) is 7.21. The number of anilines is 1. The fourth-order valence-electron chi connectivity index (χ4n) is 2.72. The zero-order chi connectivity index (χ0) is 17.4. The van der Waals surface area contributed by atoms with Crippen LogP contribution in [0.1, 0.15) is 29.6 Å². The summed E-state index contributed by atoms with van der Waals surface area (Å²) in [5.41, 5.74) is 1.26. The first-order valence-corrected chi connectivity index (χ1v) is 8.49. The summed E-state index contributed by atoms with van der Waals surface area (Å²) in [6.07, 6.45) is 3.29. The molecule has 1 aliphatic heterocycles. The van der Waals surface area contributed by atoms with Crippen molar-refractivity contribution < 1.29 is 14.3 Å². The third kappa shape index (κ3) is 6.29. The van der Waals surface area contributed by atoms with Crippen molar-refractivity contribution in [2.45, 2.75) is 19.3 Å². The predicted octanol–water partition coefficient (Wildman–Crippen LogP) is 2.47. The summed E-state index contributed by atoms with van der Waals surface area (Å²) < 4.78 is 5.21. The van der Waals surface area contributed by atoms with E-state index in [-0.39, 0.29) is 5.78 Å². The molecule has 6 heteroatoms. The van der Waals surface area contributed by atoms with Gasteiger partial charge in [-0.3, -0.25) is 15.0 Å². The average Bonchev–Trinajstić information content (AvgIpc) is 2.56. The summed E-state index contributed by atoms with van der Waals surface area (Å²) in [5.74, 6) is 0.0515. The Hall–Kier alpha value is -1.92. The van der Waals surface area contributed by atoms with Gasteiger partial charge in [0.15, 0.2) is 5.78 Å². The topological polar surface area (TPSA) is 61.9 Å². The maximum absolute atomic E-state index is 11.9. The maximum Gasteiger partial charge on any atom is 0.411 e. The number of benzene rings is 1. The van der Waals surface area contributed by atoms with Crippen LogP contribution in [-0.4, -0.2) is 68.6 Å². The van der Waals surface area contributed by atoms with Gasteiger partial charge in [0, 0.05) is 17.8 Å². The third-order valence-electron chi connectivity index (χ3n) is 4.00. The smallest absolute Gasteiger partial charge is 0.411 e. The van der Waals surface area contributed by atoms with Gasteiger partial charge in [0.05, 0.1) is 6.54 Å². The molecule has 1 fully saturated rings. The van der Waals surface area contributed by atoms with Gasteiger partial charge in [-0.2, -0.15) is 0 Å². The molecule has 0 radical (unpaired) electrons. The highest BCUT2D eigenvalue weighted by molar-refractivity contribution is 5.98. The minimum absolute atomic E-state index is 0.0515. The van der Waals surface area contributed by atoms with Crippen molar-refractivity contribution in [1.82, 2.24) is 9.80 Å². The molecule has 1 aliphatic rings. The molecule has 1 aromatic rings. The molecule has 0 bridgehead atoms. The molecule has 0 atom stereocenters. The molecule has 6 nitrogen and oxygen atoms in total. The molecule has 1 aromatic carbocycles. The molecule has 0 spiro atoms. The van der Waals surface area contributed by atoms with Gasteiger partial charge in [-0.1, -0.05) is 6.42 Å². The first-order valence-electron chi connectivity index (χ1n) is 8.49. The number of nitrogens with zero attached hydrogens (tertiary/aromatic N) is 2. The van der Waals surface area contributed by atoms with Gasteiger partial charge in [0.1, 0.15) is 6.61 Å². The molecule has 2 rings (SSSR count). The summed E-state index contributed by atoms with van der Waals surface area (Å²) in [7, 11) is 3.71. The van der Waals surface area contributed by atoms with Gasteiger partial charge < -0.3 is 9.64 Å². The SMILES string of the molecule is CN(C)CC(=O)c1ccc(NC(=O)OCCN2CCCCC2)cc1. The maximum atomic E-state index is 11.9. The number of rotatable bonds is 7. The van der Waals surface area contributed by atoms with Gasteiger partial charge in [0.2, 0.25) is 0 Å². The molecule has 1 saturated heterocycles. The molecule has 1 N–H and O–H groups in total. The summed E-state index contributed by atoms with van der Waals surface area (Å²) in [6, 6.07) is 6.87. The zero-order valence-electron chi connectivity index (χ0n) is 14.6. The minimum Gasteiger partial charge on any atom is -0.448 e. The van der Waals surface area contributed by atoms with E-state index in [9.17, 15) is 9.59 Å². The lowest BCUT2D eigenvalue weighted by Gasteiger charge is -2.25. The fourth-order valence-corrected chi connectivity index (χ4v) is 2.72. The summed E-state index contributed by atoms with van der Waals surface area (Å²) >= 11 is 0. The van der Waals surface area contributed by atoms with Crippen LogP contribution in [0.3, 0.4) is 0 Å². The van der Waals surface area contributed by atoms with Crippen LogP contribution in [-0.2, 0) is 4.74 Å². The quantitative estimate of drug-likeness (QED) is 0.777. The van der Waals surface area contributed by atoms with Crippen molar-refractivity contribution >= 4 is 17.6 Å². The van der Waals surface area contributed by atoms with E-state index >= 15 is 0 Å². The number of hydrogen-bond acceptors (Lipinski definition) is 5. The number of likely N-dealkylation sites (N-methyl/N-ethyl adjacent to an activating group) is 1. The van der Waals surface area contributed by atoms with Crippen molar-refractivity contribution in [2.75, 3.05) is 52.2 Å². The Labute approximate surface area is 143 Å². The monoisotopic (exact) mass is 333 g/mol. The van der Waals surface area contributed by atoms with Crippen molar-refractivity contribution in [3.63, 3.8) is 0 Å². The van der Waals surface area contributed by atoms with E-state index < -0.39 is 6.09 Å². The first-order chi connectivity index (χ1) is 11.5. The van der Waals surface area contributed by atoms with Crippen LogP contribution in [0, 0.1) is 0 Å². The molecule has 24 heavy (non-hydrogen) atoms. The van der Waals surface area contributed by atoms with Gasteiger partial charge in [-0.25, -0.2) is 4.79 Å². The summed E-state index contributed by atoms with van der Waals surface area (Å²) in [6.45, 7) is 3.72. The second-order valence-electron chi connectivity index (χ2n) is 6.40. The average molecular weight is 333 g/mol. The van der Waals surface area contributed by atoms with E-state index in [2.05, 4.69) is 10.2 Å². The van der Waals surface area contributed by atoms with E-state index in [1.807, 2.05) is 19.0 Å². The molecule has 0 aliphatic carbocycles. The van der Waals surface area contributed by atoms with Gasteiger partial charge in [-0.05, 0) is 64.3 Å². The van der Waals surface area contributed by atoms with E-state index in [1.54, 1.807) is 24.3 Å². The lowest BCUT2D eigenvalue weighted by atomic mass is 10.1. The molecule has 1 heterocycles. The van der Waals surface area contributed by atoms with Crippen molar-refractivity contribution in [1.29, 1.82) is 0 Å². The van der Waals surface area contributed by atoms with Crippen molar-refractivity contribution in [3.8, 4) is 0 Å². The Morgan fingerprint density at radius 2 is 1.79 bits per heavy atom. The highest BCUT2D eigenvalue weighted by Crippen LogP contribution is 2.11. The van der Waals surface area contributed by atoms with E-state index in [0.29, 0.717) is 24.4 Å². The number of carbonyl (C=O) groups excluding carboxylic acids is 2. The zero-order valence-corrected chi connectivity index (χ0v) is 14.6. The number of piperidine rings is 1. The molecule has 0 saturated carbocycles. The molecule has 0 aromatic heterocycles. The second-order valence-corrected chi connectivity index (χ2v) is 6.40. The Bertz CT molecular complexity index is 537. The number of amides is 1. The van der Waals surface area contributed by atoms with Crippen LogP contribution in [0.15, 0.2) is 24.3 Å². The third-order valence-corrected chi connectivity index (χ3v) is 4.00. The number of likely N-dealkylation sites (tertiary alicyclic amines) is 1. The fraction of sp³-hybridized carbons (Fsp3) is 0.556. The van der Waals surface area contributed by atoms with E-state index in [4.69, 9.17) is 4.74 Å². The minimum atomic E-state index is -0.459. The van der Waals surface area contributed by atoms with Crippen LogP contribution in [0.5, 0.6) is 0 Å². The summed E-state index contributed by atoms with van der Waals surface area (Å²) in [4.78, 5) is 27.9. The standard InChI is InChI=1S/C18H27N3O3/c1-20(2)14-17(22)15-6-8-16(9-7-15)19-18(23)24-13-12-21-10-4-3-5-11-21/h6-9H,3-5,10-14H2,1-2H3,(H,19,23). The van der Waals surface area contributed by atoms with E-state index in [0.717, 1.165) is 19.6 Å². The lowest BCUT2D eigenvalue weighted by Crippen LogP contribution is -2.33. The van der Waals surface area contributed by atoms with Gasteiger partial charge in [0.25, 0.3) is 0 Å². The molecular formula is C18H27N3O3. The summed E-state index contributed by atoms with van der Waals surface area (Å²) in [5, 5.41) is 2.69. The number of nitrogens with one attached hydrogen (secondary N) is 1. The first kappa shape index (κ1) is 18.4. The molecular weight excluding hydrogens is 306 g/mol. The second kappa shape index (κ2) is 9.39. The largest absolute Gasteiger partial charge is 0.448 e. The van der Waals surface area contributed by atoms with Crippen LogP contribution < -0.4 is 5.32 Å². The Morgan fingerprint density at radius 1 is 1.12 bits per heavy atom. The number of ether oxygens (including phenoxy) is 1.